The maximum absolute atomic E-state index is 12.9. The molecule has 0 aromatic rings. The Morgan fingerprint density at radius 3 is 1.87 bits per heavy atom. The number of hydrogen-bond donors (Lipinski definition) is 2. The zero-order chi connectivity index (χ0) is 18.4. The van der Waals surface area contributed by atoms with Gasteiger partial charge in [0.1, 0.15) is 5.78 Å². The van der Waals surface area contributed by atoms with Crippen LogP contribution < -0.4 is 11.1 Å². The minimum absolute atomic E-state index is 0.132. The first-order chi connectivity index (χ1) is 10.5. The summed E-state index contributed by atoms with van der Waals surface area (Å²) in [5.74, 6) is 0.321. The van der Waals surface area contributed by atoms with Crippen LogP contribution in [0.15, 0.2) is 0 Å². The molecule has 0 rings (SSSR count). The first kappa shape index (κ1) is 22.1. The van der Waals surface area contributed by atoms with Gasteiger partial charge in [0.2, 0.25) is 5.91 Å². The summed E-state index contributed by atoms with van der Waals surface area (Å²) >= 11 is 0. The Bertz CT molecular complexity index is 408. The molecule has 0 aromatic carbocycles. The van der Waals surface area contributed by atoms with Crippen molar-refractivity contribution in [2.24, 2.45) is 23.0 Å². The summed E-state index contributed by atoms with van der Waals surface area (Å²) in [5, 5.41) is 3.37. The SMILES string of the molecule is CCC(C)C(C)(CC)C(=O)CC(NC(C)(CC)C(C)C)C(N)=O. The van der Waals surface area contributed by atoms with Gasteiger partial charge in [-0.1, -0.05) is 54.9 Å². The largest absolute Gasteiger partial charge is 0.368 e. The molecule has 0 aliphatic rings. The van der Waals surface area contributed by atoms with Crippen LogP contribution in [0.4, 0.5) is 0 Å². The molecule has 1 amide bonds. The fraction of sp³-hybridized carbons (Fsp3) is 0.895. The third kappa shape index (κ3) is 5.30. The molecule has 0 aromatic heterocycles. The van der Waals surface area contributed by atoms with E-state index >= 15 is 0 Å². The van der Waals surface area contributed by atoms with E-state index in [1.807, 2.05) is 13.8 Å². The Morgan fingerprint density at radius 1 is 1.04 bits per heavy atom. The molecule has 4 unspecified atom stereocenters. The monoisotopic (exact) mass is 326 g/mol. The molecule has 0 bridgehead atoms. The van der Waals surface area contributed by atoms with Gasteiger partial charge in [-0.3, -0.25) is 14.9 Å². The molecule has 0 heterocycles. The van der Waals surface area contributed by atoms with Crippen molar-refractivity contribution in [2.75, 3.05) is 0 Å². The molecule has 3 N–H and O–H groups in total. The van der Waals surface area contributed by atoms with Crippen molar-refractivity contribution in [3.63, 3.8) is 0 Å². The quantitative estimate of drug-likeness (QED) is 0.608. The van der Waals surface area contributed by atoms with Gasteiger partial charge >= 0.3 is 0 Å². The van der Waals surface area contributed by atoms with E-state index < -0.39 is 17.4 Å². The molecule has 136 valence electrons. The molecule has 0 radical (unpaired) electrons. The molecule has 4 nitrogen and oxygen atoms in total. The molecule has 0 saturated carbocycles. The second-order valence-corrected chi connectivity index (χ2v) is 7.73. The highest BCUT2D eigenvalue weighted by Crippen LogP contribution is 2.36. The summed E-state index contributed by atoms with van der Waals surface area (Å²) in [7, 11) is 0. The summed E-state index contributed by atoms with van der Waals surface area (Å²) in [6.45, 7) is 16.7. The number of rotatable bonds is 11. The smallest absolute Gasteiger partial charge is 0.235 e. The van der Waals surface area contributed by atoms with Crippen LogP contribution in [0.2, 0.25) is 0 Å². The predicted octanol–water partition coefficient (Wildman–Crippen LogP) is 3.68. The van der Waals surface area contributed by atoms with Gasteiger partial charge < -0.3 is 5.73 Å². The van der Waals surface area contributed by atoms with Crippen LogP contribution in [0.3, 0.4) is 0 Å². The second-order valence-electron chi connectivity index (χ2n) is 7.73. The normalized spacial score (nSPS) is 19.7. The average Bonchev–Trinajstić information content (AvgIpc) is 2.51. The highest BCUT2D eigenvalue weighted by molar-refractivity contribution is 5.91. The minimum atomic E-state index is -0.607. The Balaban J connectivity index is 5.30. The van der Waals surface area contributed by atoms with Crippen molar-refractivity contribution < 1.29 is 9.59 Å². The van der Waals surface area contributed by atoms with Crippen LogP contribution in [0, 0.1) is 17.3 Å². The van der Waals surface area contributed by atoms with Gasteiger partial charge in [0.15, 0.2) is 0 Å². The Morgan fingerprint density at radius 2 is 1.57 bits per heavy atom. The summed E-state index contributed by atoms with van der Waals surface area (Å²) in [6, 6.07) is -0.607. The molecule has 23 heavy (non-hydrogen) atoms. The molecule has 0 spiro atoms. The summed E-state index contributed by atoms with van der Waals surface area (Å²) in [6.07, 6.45) is 2.77. The molecular weight excluding hydrogens is 288 g/mol. The number of nitrogens with two attached hydrogens (primary N) is 1. The molecule has 4 heteroatoms. The van der Waals surface area contributed by atoms with Gasteiger partial charge in [0.05, 0.1) is 6.04 Å². The molecule has 4 atom stereocenters. The molecule has 0 aliphatic carbocycles. The summed E-state index contributed by atoms with van der Waals surface area (Å²) in [4.78, 5) is 24.8. The van der Waals surface area contributed by atoms with Gasteiger partial charge in [-0.2, -0.15) is 0 Å². The number of carbonyl (C=O) groups is 2. The standard InChI is InChI=1S/C19H38N2O2/c1-9-14(6)18(7,10-2)16(22)12-15(17(20)23)21-19(8,11-3)13(4)5/h13-15,21H,9-12H2,1-8H3,(H2,20,23). The minimum Gasteiger partial charge on any atom is -0.368 e. The van der Waals surface area contributed by atoms with Gasteiger partial charge in [0.25, 0.3) is 0 Å². The maximum atomic E-state index is 12.9. The number of hydrogen-bond acceptors (Lipinski definition) is 3. The van der Waals surface area contributed by atoms with E-state index in [0.717, 1.165) is 19.3 Å². The van der Waals surface area contributed by atoms with E-state index in [1.165, 1.54) is 0 Å². The predicted molar refractivity (Wildman–Crippen MR) is 97.1 cm³/mol. The zero-order valence-electron chi connectivity index (χ0n) is 16.5. The van der Waals surface area contributed by atoms with Crippen LogP contribution in [-0.4, -0.2) is 23.3 Å². The van der Waals surface area contributed by atoms with Crippen LogP contribution in [-0.2, 0) is 9.59 Å². The lowest BCUT2D eigenvalue weighted by atomic mass is 9.70. The number of primary amides is 1. The van der Waals surface area contributed by atoms with Gasteiger partial charge in [0, 0.05) is 17.4 Å². The Kier molecular flexibility index (Phi) is 8.47. The highest BCUT2D eigenvalue weighted by Gasteiger charge is 2.39. The first-order valence-electron chi connectivity index (χ1n) is 9.08. The summed E-state index contributed by atoms with van der Waals surface area (Å²) < 4.78 is 0. The lowest BCUT2D eigenvalue weighted by molar-refractivity contribution is -0.134. The Hall–Kier alpha value is -0.900. The third-order valence-corrected chi connectivity index (χ3v) is 6.32. The fourth-order valence-corrected chi connectivity index (χ4v) is 2.99. The van der Waals surface area contributed by atoms with Crippen molar-refractivity contribution in [2.45, 2.75) is 92.7 Å². The topological polar surface area (TPSA) is 72.2 Å². The highest BCUT2D eigenvalue weighted by atomic mass is 16.2. The van der Waals surface area contributed by atoms with Gasteiger partial charge in [-0.25, -0.2) is 0 Å². The van der Waals surface area contributed by atoms with E-state index in [-0.39, 0.29) is 23.7 Å². The van der Waals surface area contributed by atoms with E-state index in [4.69, 9.17) is 5.73 Å². The molecule has 0 aliphatic heterocycles. The van der Waals surface area contributed by atoms with Crippen LogP contribution in [0.1, 0.15) is 81.1 Å². The number of ketones is 1. The summed E-state index contributed by atoms with van der Waals surface area (Å²) in [5.41, 5.74) is 4.98. The average molecular weight is 327 g/mol. The lowest BCUT2D eigenvalue weighted by Crippen LogP contribution is -2.57. The van der Waals surface area contributed by atoms with E-state index in [1.54, 1.807) is 0 Å². The van der Waals surface area contributed by atoms with Crippen molar-refractivity contribution >= 4 is 11.7 Å². The fourth-order valence-electron chi connectivity index (χ4n) is 2.99. The van der Waals surface area contributed by atoms with E-state index in [2.05, 4.69) is 46.9 Å². The maximum Gasteiger partial charge on any atom is 0.235 e. The number of carbonyl (C=O) groups excluding carboxylic acids is 2. The van der Waals surface area contributed by atoms with Crippen molar-refractivity contribution in [3.05, 3.63) is 0 Å². The lowest BCUT2D eigenvalue weighted by Gasteiger charge is -2.39. The number of nitrogens with one attached hydrogen (secondary N) is 1. The molecule has 0 saturated heterocycles. The Labute approximate surface area is 143 Å². The van der Waals surface area contributed by atoms with E-state index in [9.17, 15) is 9.59 Å². The zero-order valence-corrected chi connectivity index (χ0v) is 16.5. The molecule has 0 fully saturated rings. The van der Waals surface area contributed by atoms with Crippen molar-refractivity contribution in [1.29, 1.82) is 0 Å². The van der Waals surface area contributed by atoms with E-state index in [0.29, 0.717) is 5.92 Å². The van der Waals surface area contributed by atoms with Gasteiger partial charge in [-0.05, 0) is 31.6 Å². The molecular formula is C19H38N2O2. The van der Waals surface area contributed by atoms with Crippen molar-refractivity contribution in [3.8, 4) is 0 Å². The third-order valence-electron chi connectivity index (χ3n) is 6.32. The second kappa shape index (κ2) is 8.81. The van der Waals surface area contributed by atoms with Crippen molar-refractivity contribution in [1.82, 2.24) is 5.32 Å². The van der Waals surface area contributed by atoms with Crippen LogP contribution in [0.5, 0.6) is 0 Å². The number of Topliss-reactive ketones (excluding diaryl/α,β-unsaturated/α-hetero) is 1. The number of amides is 1. The van der Waals surface area contributed by atoms with Gasteiger partial charge in [-0.15, -0.1) is 0 Å². The van der Waals surface area contributed by atoms with Crippen LogP contribution in [0.25, 0.3) is 0 Å². The van der Waals surface area contributed by atoms with Crippen LogP contribution >= 0.6 is 0 Å². The first-order valence-corrected chi connectivity index (χ1v) is 9.08.